The summed E-state index contributed by atoms with van der Waals surface area (Å²) in [6.45, 7) is 6.52. The van der Waals surface area contributed by atoms with Gasteiger partial charge in [0.25, 0.3) is 0 Å². The highest BCUT2D eigenvalue weighted by Crippen LogP contribution is 2.30. The zero-order valence-corrected chi connectivity index (χ0v) is 9.95. The van der Waals surface area contributed by atoms with Crippen molar-refractivity contribution in [1.29, 1.82) is 0 Å². The molecule has 3 heteroatoms. The molecule has 0 unspecified atom stereocenters. The van der Waals surface area contributed by atoms with Gasteiger partial charge in [0, 0.05) is 0 Å². The predicted molar refractivity (Wildman–Crippen MR) is 62.2 cm³/mol. The average Bonchev–Trinajstić information content (AvgIpc) is 2.29. The highest BCUT2D eigenvalue weighted by molar-refractivity contribution is 4.86. The molecular formula is C13H22O3. The summed E-state index contributed by atoms with van der Waals surface area (Å²) in [6.07, 6.45) is 8.41. The molecule has 0 aromatic rings. The van der Waals surface area contributed by atoms with E-state index in [-0.39, 0.29) is 5.41 Å². The first kappa shape index (κ1) is 11.9. The molecule has 0 aromatic carbocycles. The Hall–Kier alpha value is -0.540. The fraction of sp³-hybridized carbons (Fsp3) is 0.846. The molecule has 1 saturated carbocycles. The van der Waals surface area contributed by atoms with Crippen LogP contribution in [0.25, 0.3) is 0 Å². The fourth-order valence-corrected chi connectivity index (χ4v) is 2.36. The van der Waals surface area contributed by atoms with Crippen LogP contribution in [0.2, 0.25) is 0 Å². The van der Waals surface area contributed by atoms with Gasteiger partial charge in [-0.25, -0.2) is 0 Å². The summed E-state index contributed by atoms with van der Waals surface area (Å²) in [4.78, 5) is 0. The van der Waals surface area contributed by atoms with Crippen molar-refractivity contribution in [2.75, 3.05) is 26.4 Å². The van der Waals surface area contributed by atoms with Crippen LogP contribution >= 0.6 is 0 Å². The number of ether oxygens (including phenoxy) is 3. The maximum absolute atomic E-state index is 5.99. The van der Waals surface area contributed by atoms with Crippen LogP contribution in [-0.2, 0) is 14.2 Å². The van der Waals surface area contributed by atoms with Gasteiger partial charge in [-0.05, 0) is 12.8 Å². The second-order valence-corrected chi connectivity index (χ2v) is 5.04. The Morgan fingerprint density at radius 2 is 1.94 bits per heavy atom. The molecule has 0 radical (unpaired) electrons. The van der Waals surface area contributed by atoms with Crippen LogP contribution in [0.4, 0.5) is 0 Å². The molecule has 0 spiro atoms. The lowest BCUT2D eigenvalue weighted by atomic mass is 9.88. The summed E-state index contributed by atoms with van der Waals surface area (Å²) in [5.41, 5.74) is 0.0889. The van der Waals surface area contributed by atoms with E-state index in [0.717, 1.165) is 19.8 Å². The first-order chi connectivity index (χ1) is 7.85. The highest BCUT2D eigenvalue weighted by Gasteiger charge is 2.40. The Morgan fingerprint density at radius 3 is 2.50 bits per heavy atom. The summed E-state index contributed by atoms with van der Waals surface area (Å²) in [6, 6.07) is 0. The van der Waals surface area contributed by atoms with Gasteiger partial charge >= 0.3 is 0 Å². The molecule has 0 atom stereocenters. The minimum atomic E-state index is 0.0889. The SMILES string of the molecule is C=COCC1(COC2CCCCC2)COC1. The van der Waals surface area contributed by atoms with E-state index in [2.05, 4.69) is 6.58 Å². The van der Waals surface area contributed by atoms with E-state index in [0.29, 0.717) is 12.7 Å². The van der Waals surface area contributed by atoms with E-state index >= 15 is 0 Å². The zero-order chi connectivity index (χ0) is 11.3. The van der Waals surface area contributed by atoms with Crippen molar-refractivity contribution in [3.8, 4) is 0 Å². The molecule has 0 N–H and O–H groups in total. The predicted octanol–water partition coefficient (Wildman–Crippen LogP) is 2.51. The third-order valence-corrected chi connectivity index (χ3v) is 3.50. The zero-order valence-electron chi connectivity index (χ0n) is 9.95. The summed E-state index contributed by atoms with van der Waals surface area (Å²) in [5.74, 6) is 0. The van der Waals surface area contributed by atoms with Gasteiger partial charge in [0.05, 0.1) is 44.2 Å². The lowest BCUT2D eigenvalue weighted by molar-refractivity contribution is -0.180. The van der Waals surface area contributed by atoms with Crippen LogP contribution in [0.1, 0.15) is 32.1 Å². The minimum absolute atomic E-state index is 0.0889. The normalized spacial score (nSPS) is 24.8. The fourth-order valence-electron chi connectivity index (χ4n) is 2.36. The van der Waals surface area contributed by atoms with Crippen molar-refractivity contribution in [2.24, 2.45) is 5.41 Å². The third-order valence-electron chi connectivity index (χ3n) is 3.50. The number of hydrogen-bond acceptors (Lipinski definition) is 3. The third kappa shape index (κ3) is 2.98. The summed E-state index contributed by atoms with van der Waals surface area (Å²) in [5, 5.41) is 0. The quantitative estimate of drug-likeness (QED) is 0.651. The summed E-state index contributed by atoms with van der Waals surface area (Å²) >= 11 is 0. The topological polar surface area (TPSA) is 27.7 Å². The first-order valence-corrected chi connectivity index (χ1v) is 6.27. The first-order valence-electron chi connectivity index (χ1n) is 6.27. The van der Waals surface area contributed by atoms with E-state index in [1.54, 1.807) is 0 Å². The van der Waals surface area contributed by atoms with Crippen molar-refractivity contribution in [3.63, 3.8) is 0 Å². The van der Waals surface area contributed by atoms with Gasteiger partial charge in [-0.2, -0.15) is 0 Å². The Kier molecular flexibility index (Phi) is 4.24. The van der Waals surface area contributed by atoms with E-state index in [1.807, 2.05) is 0 Å². The highest BCUT2D eigenvalue weighted by atomic mass is 16.5. The molecule has 0 aromatic heterocycles. The van der Waals surface area contributed by atoms with Crippen molar-refractivity contribution in [2.45, 2.75) is 38.2 Å². The lowest BCUT2D eigenvalue weighted by Crippen LogP contribution is -2.50. The molecule has 16 heavy (non-hydrogen) atoms. The maximum atomic E-state index is 5.99. The van der Waals surface area contributed by atoms with Crippen LogP contribution in [0.3, 0.4) is 0 Å². The molecule has 2 rings (SSSR count). The monoisotopic (exact) mass is 226 g/mol. The van der Waals surface area contributed by atoms with Crippen molar-refractivity contribution < 1.29 is 14.2 Å². The Morgan fingerprint density at radius 1 is 1.19 bits per heavy atom. The van der Waals surface area contributed by atoms with Gasteiger partial charge in [-0.3, -0.25) is 0 Å². The molecule has 1 heterocycles. The van der Waals surface area contributed by atoms with Crippen LogP contribution in [0.15, 0.2) is 12.8 Å². The van der Waals surface area contributed by atoms with E-state index in [1.165, 1.54) is 38.4 Å². The summed E-state index contributed by atoms with van der Waals surface area (Å²) < 4.78 is 16.6. The largest absolute Gasteiger partial charge is 0.501 e. The van der Waals surface area contributed by atoms with Crippen LogP contribution < -0.4 is 0 Å². The average molecular weight is 226 g/mol. The molecule has 0 amide bonds. The molecule has 3 nitrogen and oxygen atoms in total. The Bertz CT molecular complexity index is 217. The standard InChI is InChI=1S/C13H22O3/c1-2-14-8-13(9-15-10-13)11-16-12-6-4-3-5-7-12/h2,12H,1,3-11H2. The molecule has 92 valence electrons. The molecule has 1 aliphatic heterocycles. The maximum Gasteiger partial charge on any atom is 0.0995 e. The van der Waals surface area contributed by atoms with Crippen LogP contribution in [0, 0.1) is 5.41 Å². The van der Waals surface area contributed by atoms with E-state index in [4.69, 9.17) is 14.2 Å². The second-order valence-electron chi connectivity index (χ2n) is 5.04. The lowest BCUT2D eigenvalue weighted by Gasteiger charge is -2.41. The van der Waals surface area contributed by atoms with Gasteiger partial charge in [-0.1, -0.05) is 25.8 Å². The molecule has 0 bridgehead atoms. The molecule has 2 aliphatic rings. The van der Waals surface area contributed by atoms with Crippen molar-refractivity contribution >= 4 is 0 Å². The van der Waals surface area contributed by atoms with Crippen molar-refractivity contribution in [3.05, 3.63) is 12.8 Å². The van der Waals surface area contributed by atoms with E-state index in [9.17, 15) is 0 Å². The molecule has 2 fully saturated rings. The van der Waals surface area contributed by atoms with Crippen molar-refractivity contribution in [1.82, 2.24) is 0 Å². The van der Waals surface area contributed by atoms with E-state index < -0.39 is 0 Å². The molecule has 1 saturated heterocycles. The summed E-state index contributed by atoms with van der Waals surface area (Å²) in [7, 11) is 0. The number of rotatable bonds is 6. The van der Waals surface area contributed by atoms with Crippen LogP contribution in [-0.4, -0.2) is 32.5 Å². The Labute approximate surface area is 97.8 Å². The van der Waals surface area contributed by atoms with Gasteiger partial charge in [0.2, 0.25) is 0 Å². The van der Waals surface area contributed by atoms with Gasteiger partial charge < -0.3 is 14.2 Å². The molecule has 1 aliphatic carbocycles. The Balaban J connectivity index is 1.71. The van der Waals surface area contributed by atoms with Gasteiger partial charge in [-0.15, -0.1) is 0 Å². The van der Waals surface area contributed by atoms with Gasteiger partial charge in [0.15, 0.2) is 0 Å². The van der Waals surface area contributed by atoms with Gasteiger partial charge in [0.1, 0.15) is 0 Å². The second kappa shape index (κ2) is 5.69. The van der Waals surface area contributed by atoms with Crippen LogP contribution in [0.5, 0.6) is 0 Å². The number of hydrogen-bond donors (Lipinski definition) is 0. The minimum Gasteiger partial charge on any atom is -0.501 e. The molecular weight excluding hydrogens is 204 g/mol. The smallest absolute Gasteiger partial charge is 0.0995 e.